The van der Waals surface area contributed by atoms with Crippen LogP contribution < -0.4 is 5.32 Å². The van der Waals surface area contributed by atoms with Crippen molar-refractivity contribution in [3.8, 4) is 0 Å². The number of hydrogen-bond donors (Lipinski definition) is 1. The first-order chi connectivity index (χ1) is 14.2. The number of ether oxygens (including phenoxy) is 1. The smallest absolute Gasteiger partial charge is 0.313 e. The standard InChI is InChI=1S/C25H39NO3/c1-3-5-6-7-8-9-10-11-12-13-14-17-20-26-23-19-16-15-18-22(23)24(27)21-25(28)29-4-2/h12-13,15-16,18-19,26H,3-11,14,17,20-21H2,1-2H3/b13-12+. The Kier molecular flexibility index (Phi) is 14.5. The van der Waals surface area contributed by atoms with Gasteiger partial charge in [-0.3, -0.25) is 9.59 Å². The lowest BCUT2D eigenvalue weighted by molar-refractivity contribution is -0.141. The lowest BCUT2D eigenvalue weighted by atomic mass is 10.1. The topological polar surface area (TPSA) is 55.4 Å². The van der Waals surface area contributed by atoms with E-state index in [1.165, 1.54) is 51.4 Å². The van der Waals surface area contributed by atoms with E-state index >= 15 is 0 Å². The fourth-order valence-corrected chi connectivity index (χ4v) is 3.22. The van der Waals surface area contributed by atoms with Crippen molar-refractivity contribution in [3.05, 3.63) is 42.0 Å². The van der Waals surface area contributed by atoms with Crippen molar-refractivity contribution in [2.24, 2.45) is 0 Å². The fraction of sp³-hybridized carbons (Fsp3) is 0.600. The normalized spacial score (nSPS) is 11.0. The number of hydrogen-bond acceptors (Lipinski definition) is 4. The Hall–Kier alpha value is -2.10. The molecule has 0 unspecified atom stereocenters. The summed E-state index contributed by atoms with van der Waals surface area (Å²) < 4.78 is 4.87. The molecule has 29 heavy (non-hydrogen) atoms. The predicted molar refractivity (Wildman–Crippen MR) is 121 cm³/mol. The molecule has 0 amide bonds. The number of benzene rings is 1. The maximum absolute atomic E-state index is 12.3. The van der Waals surface area contributed by atoms with Crippen LogP contribution in [0.3, 0.4) is 0 Å². The van der Waals surface area contributed by atoms with E-state index < -0.39 is 5.97 Å². The lowest BCUT2D eigenvalue weighted by Gasteiger charge is -2.10. The highest BCUT2D eigenvalue weighted by Gasteiger charge is 2.15. The third kappa shape index (κ3) is 12.1. The van der Waals surface area contributed by atoms with E-state index in [2.05, 4.69) is 24.4 Å². The van der Waals surface area contributed by atoms with Gasteiger partial charge >= 0.3 is 5.97 Å². The molecule has 0 bridgehead atoms. The third-order valence-electron chi connectivity index (χ3n) is 4.84. The van der Waals surface area contributed by atoms with Gasteiger partial charge in [0.05, 0.1) is 6.61 Å². The van der Waals surface area contributed by atoms with Crippen LogP contribution >= 0.6 is 0 Å². The van der Waals surface area contributed by atoms with Crippen LogP contribution in [-0.4, -0.2) is 24.9 Å². The van der Waals surface area contributed by atoms with Crippen molar-refractivity contribution in [2.75, 3.05) is 18.5 Å². The van der Waals surface area contributed by atoms with E-state index in [1.807, 2.05) is 18.2 Å². The second kappa shape index (κ2) is 16.8. The van der Waals surface area contributed by atoms with E-state index in [1.54, 1.807) is 13.0 Å². The van der Waals surface area contributed by atoms with E-state index in [-0.39, 0.29) is 12.2 Å². The summed E-state index contributed by atoms with van der Waals surface area (Å²) in [5, 5.41) is 3.33. The first-order valence-electron chi connectivity index (χ1n) is 11.4. The molecule has 0 spiro atoms. The number of anilines is 1. The molecule has 4 nitrogen and oxygen atoms in total. The fourth-order valence-electron chi connectivity index (χ4n) is 3.22. The summed E-state index contributed by atoms with van der Waals surface area (Å²) >= 11 is 0. The number of Topliss-reactive ketones (excluding diaryl/α,β-unsaturated/α-hetero) is 1. The van der Waals surface area contributed by atoms with Crippen molar-refractivity contribution in [1.29, 1.82) is 0 Å². The molecule has 0 saturated heterocycles. The average molecular weight is 402 g/mol. The number of ketones is 1. The molecule has 1 aromatic carbocycles. The molecule has 0 heterocycles. The molecule has 4 heteroatoms. The second-order valence-electron chi connectivity index (χ2n) is 7.40. The molecule has 0 saturated carbocycles. The predicted octanol–water partition coefficient (Wildman–Crippen LogP) is 6.71. The van der Waals surface area contributed by atoms with Gasteiger partial charge in [0, 0.05) is 17.8 Å². The molecule has 0 aliphatic heterocycles. The number of unbranched alkanes of at least 4 members (excludes halogenated alkanes) is 8. The Morgan fingerprint density at radius 2 is 1.55 bits per heavy atom. The van der Waals surface area contributed by atoms with Crippen molar-refractivity contribution < 1.29 is 14.3 Å². The number of esters is 1. The summed E-state index contributed by atoms with van der Waals surface area (Å²) in [7, 11) is 0. The molecule has 1 rings (SSSR count). The molecule has 1 N–H and O–H groups in total. The highest BCUT2D eigenvalue weighted by atomic mass is 16.5. The Bertz CT molecular complexity index is 610. The van der Waals surface area contributed by atoms with Gasteiger partial charge in [0.1, 0.15) is 6.42 Å². The highest BCUT2D eigenvalue weighted by molar-refractivity contribution is 6.09. The first-order valence-corrected chi connectivity index (χ1v) is 11.4. The molecule has 0 fully saturated rings. The van der Waals surface area contributed by atoms with Gasteiger partial charge in [0.15, 0.2) is 5.78 Å². The molecule has 0 aliphatic rings. The Balaban J connectivity index is 2.20. The maximum atomic E-state index is 12.3. The van der Waals surface area contributed by atoms with Crippen LogP contribution in [-0.2, 0) is 9.53 Å². The molecule has 0 radical (unpaired) electrons. The van der Waals surface area contributed by atoms with Gasteiger partial charge in [-0.25, -0.2) is 0 Å². The van der Waals surface area contributed by atoms with Crippen molar-refractivity contribution >= 4 is 17.4 Å². The van der Waals surface area contributed by atoms with Gasteiger partial charge in [-0.2, -0.15) is 0 Å². The average Bonchev–Trinajstić information content (AvgIpc) is 2.72. The summed E-state index contributed by atoms with van der Waals surface area (Å²) in [6.45, 7) is 5.08. The van der Waals surface area contributed by atoms with Crippen LogP contribution in [0.5, 0.6) is 0 Å². The van der Waals surface area contributed by atoms with Gasteiger partial charge in [-0.1, -0.05) is 69.7 Å². The number of carbonyl (C=O) groups excluding carboxylic acids is 2. The van der Waals surface area contributed by atoms with Gasteiger partial charge < -0.3 is 10.1 Å². The Labute approximate surface area is 177 Å². The highest BCUT2D eigenvalue weighted by Crippen LogP contribution is 2.17. The number of para-hydroxylation sites is 1. The SMILES string of the molecule is CCCCCCCCC/C=C/CCCNc1ccccc1C(=O)CC(=O)OCC. The molecular formula is C25H39NO3. The summed E-state index contributed by atoms with van der Waals surface area (Å²) in [6, 6.07) is 7.35. The number of allylic oxidation sites excluding steroid dienone is 2. The first kappa shape index (κ1) is 24.9. The largest absolute Gasteiger partial charge is 0.466 e. The van der Waals surface area contributed by atoms with Gasteiger partial charge in [-0.15, -0.1) is 0 Å². The minimum atomic E-state index is -0.474. The Morgan fingerprint density at radius 1 is 0.897 bits per heavy atom. The number of rotatable bonds is 17. The zero-order valence-electron chi connectivity index (χ0n) is 18.4. The van der Waals surface area contributed by atoms with Gasteiger partial charge in [0.25, 0.3) is 0 Å². The van der Waals surface area contributed by atoms with Crippen LogP contribution in [0.15, 0.2) is 36.4 Å². The second-order valence-corrected chi connectivity index (χ2v) is 7.40. The van der Waals surface area contributed by atoms with E-state index in [9.17, 15) is 9.59 Å². The number of nitrogens with one attached hydrogen (secondary N) is 1. The van der Waals surface area contributed by atoms with Crippen LogP contribution in [0.25, 0.3) is 0 Å². The maximum Gasteiger partial charge on any atom is 0.313 e. The zero-order chi connectivity index (χ0) is 21.2. The summed E-state index contributed by atoms with van der Waals surface area (Å²) in [6.07, 6.45) is 17.0. The van der Waals surface area contributed by atoms with Crippen LogP contribution in [0.4, 0.5) is 5.69 Å². The summed E-state index contributed by atoms with van der Waals surface area (Å²) in [4.78, 5) is 23.9. The van der Waals surface area contributed by atoms with Gasteiger partial charge in [-0.05, 0) is 44.7 Å². The summed E-state index contributed by atoms with van der Waals surface area (Å²) in [5.41, 5.74) is 1.34. The monoisotopic (exact) mass is 401 g/mol. The third-order valence-corrected chi connectivity index (χ3v) is 4.84. The van der Waals surface area contributed by atoms with Crippen molar-refractivity contribution in [3.63, 3.8) is 0 Å². The van der Waals surface area contributed by atoms with Crippen molar-refractivity contribution in [1.82, 2.24) is 0 Å². The minimum Gasteiger partial charge on any atom is -0.466 e. The Morgan fingerprint density at radius 3 is 2.28 bits per heavy atom. The number of carbonyl (C=O) groups is 2. The molecule has 1 aromatic rings. The quantitative estimate of drug-likeness (QED) is 0.104. The molecular weight excluding hydrogens is 362 g/mol. The molecule has 0 aliphatic carbocycles. The van der Waals surface area contributed by atoms with E-state index in [0.29, 0.717) is 12.2 Å². The zero-order valence-corrected chi connectivity index (χ0v) is 18.4. The molecule has 0 atom stereocenters. The molecule has 162 valence electrons. The summed E-state index contributed by atoms with van der Waals surface area (Å²) in [5.74, 6) is -0.681. The van der Waals surface area contributed by atoms with Crippen molar-refractivity contribution in [2.45, 2.75) is 84.5 Å². The molecule has 0 aromatic heterocycles. The van der Waals surface area contributed by atoms with Crippen LogP contribution in [0.1, 0.15) is 94.8 Å². The van der Waals surface area contributed by atoms with E-state index in [4.69, 9.17) is 4.74 Å². The van der Waals surface area contributed by atoms with Crippen LogP contribution in [0.2, 0.25) is 0 Å². The lowest BCUT2D eigenvalue weighted by Crippen LogP contribution is -2.13. The van der Waals surface area contributed by atoms with Crippen LogP contribution in [0, 0.1) is 0 Å². The van der Waals surface area contributed by atoms with E-state index in [0.717, 1.165) is 25.1 Å². The minimum absolute atomic E-state index is 0.207. The van der Waals surface area contributed by atoms with Gasteiger partial charge in [0.2, 0.25) is 0 Å².